The van der Waals surface area contributed by atoms with Crippen molar-refractivity contribution in [2.75, 3.05) is 31.6 Å². The summed E-state index contributed by atoms with van der Waals surface area (Å²) in [6.45, 7) is 10.9. The number of hydrogen-bond acceptors (Lipinski definition) is 3. The Labute approximate surface area is 121 Å². The number of amides is 1. The van der Waals surface area contributed by atoms with Gasteiger partial charge in [0.2, 0.25) is 0 Å². The van der Waals surface area contributed by atoms with Gasteiger partial charge in [-0.25, -0.2) is 0 Å². The Morgan fingerprint density at radius 3 is 2.70 bits per heavy atom. The molecule has 0 fully saturated rings. The van der Waals surface area contributed by atoms with Crippen LogP contribution in [-0.2, 0) is 4.74 Å². The van der Waals surface area contributed by atoms with Crippen LogP contribution in [0.5, 0.6) is 0 Å². The lowest BCUT2D eigenvalue weighted by molar-refractivity contribution is 0.0886. The highest BCUT2D eigenvalue weighted by Crippen LogP contribution is 2.14. The van der Waals surface area contributed by atoms with Gasteiger partial charge < -0.3 is 15.4 Å². The van der Waals surface area contributed by atoms with Crippen molar-refractivity contribution in [1.29, 1.82) is 0 Å². The summed E-state index contributed by atoms with van der Waals surface area (Å²) >= 11 is 0. The second-order valence-corrected chi connectivity index (χ2v) is 5.28. The predicted molar refractivity (Wildman–Crippen MR) is 83.3 cm³/mol. The van der Waals surface area contributed by atoms with E-state index in [0.717, 1.165) is 30.0 Å². The van der Waals surface area contributed by atoms with Crippen LogP contribution in [0.4, 0.5) is 5.69 Å². The van der Waals surface area contributed by atoms with Crippen molar-refractivity contribution in [3.63, 3.8) is 0 Å². The van der Waals surface area contributed by atoms with Crippen LogP contribution in [0, 0.1) is 12.8 Å². The summed E-state index contributed by atoms with van der Waals surface area (Å²) in [7, 11) is 0. The maximum Gasteiger partial charge on any atom is 0.251 e. The first-order valence-electron chi connectivity index (χ1n) is 7.25. The first-order valence-corrected chi connectivity index (χ1v) is 7.25. The highest BCUT2D eigenvalue weighted by atomic mass is 16.5. The van der Waals surface area contributed by atoms with E-state index in [0.29, 0.717) is 19.1 Å². The number of aryl methyl sites for hydroxylation is 1. The molecule has 1 aromatic rings. The van der Waals surface area contributed by atoms with E-state index < -0.39 is 0 Å². The van der Waals surface area contributed by atoms with E-state index in [4.69, 9.17) is 4.74 Å². The Bertz CT molecular complexity index is 430. The molecule has 0 aliphatic rings. The Hall–Kier alpha value is -1.55. The Balaban J connectivity index is 2.43. The molecular weight excluding hydrogens is 252 g/mol. The van der Waals surface area contributed by atoms with E-state index in [1.165, 1.54) is 0 Å². The van der Waals surface area contributed by atoms with Gasteiger partial charge in [0.05, 0.1) is 6.61 Å². The maximum atomic E-state index is 12.0. The molecule has 112 valence electrons. The first kappa shape index (κ1) is 16.5. The molecule has 0 radical (unpaired) electrons. The molecule has 0 spiro atoms. The molecule has 20 heavy (non-hydrogen) atoms. The van der Waals surface area contributed by atoms with Gasteiger partial charge in [-0.05, 0) is 43.5 Å². The summed E-state index contributed by atoms with van der Waals surface area (Å²) in [5.74, 6) is 0.477. The van der Waals surface area contributed by atoms with Crippen molar-refractivity contribution in [2.45, 2.75) is 27.7 Å². The fraction of sp³-hybridized carbons (Fsp3) is 0.562. The largest absolute Gasteiger partial charge is 0.385 e. The van der Waals surface area contributed by atoms with E-state index in [1.54, 1.807) is 0 Å². The third-order valence-electron chi connectivity index (χ3n) is 2.84. The summed E-state index contributed by atoms with van der Waals surface area (Å²) in [5.41, 5.74) is 2.74. The van der Waals surface area contributed by atoms with E-state index in [9.17, 15) is 4.79 Å². The molecule has 0 saturated heterocycles. The number of benzene rings is 1. The quantitative estimate of drug-likeness (QED) is 0.719. The summed E-state index contributed by atoms with van der Waals surface area (Å²) < 4.78 is 5.44. The van der Waals surface area contributed by atoms with Gasteiger partial charge in [-0.1, -0.05) is 13.8 Å². The molecular formula is C16H26N2O2. The van der Waals surface area contributed by atoms with E-state index in [-0.39, 0.29) is 5.91 Å². The third-order valence-corrected chi connectivity index (χ3v) is 2.84. The van der Waals surface area contributed by atoms with Crippen LogP contribution < -0.4 is 10.6 Å². The van der Waals surface area contributed by atoms with Crippen LogP contribution >= 0.6 is 0 Å². The van der Waals surface area contributed by atoms with Gasteiger partial charge >= 0.3 is 0 Å². The first-order chi connectivity index (χ1) is 9.54. The van der Waals surface area contributed by atoms with Crippen molar-refractivity contribution >= 4 is 11.6 Å². The molecule has 0 heterocycles. The Morgan fingerprint density at radius 1 is 1.35 bits per heavy atom. The Morgan fingerprint density at radius 2 is 2.10 bits per heavy atom. The van der Waals surface area contributed by atoms with Crippen LogP contribution in [-0.4, -0.2) is 32.2 Å². The fourth-order valence-electron chi connectivity index (χ4n) is 1.88. The van der Waals surface area contributed by atoms with Crippen molar-refractivity contribution in [1.82, 2.24) is 5.32 Å². The molecule has 0 bridgehead atoms. The normalized spacial score (nSPS) is 10.7. The minimum absolute atomic E-state index is 0.0429. The minimum atomic E-state index is -0.0429. The Kier molecular flexibility index (Phi) is 7.09. The standard InChI is InChI=1S/C16H26N2O2/c1-5-17-14-6-7-15(13(4)10-14)16(19)18-8-9-20-11-12(2)3/h6-7,10,12,17H,5,8-9,11H2,1-4H3,(H,18,19). The molecule has 0 aromatic heterocycles. The number of ether oxygens (including phenoxy) is 1. The number of carbonyl (C=O) groups is 1. The average Bonchev–Trinajstić information content (AvgIpc) is 2.38. The molecule has 1 aromatic carbocycles. The molecule has 2 N–H and O–H groups in total. The zero-order chi connectivity index (χ0) is 15.0. The topological polar surface area (TPSA) is 50.4 Å². The van der Waals surface area contributed by atoms with Gasteiger partial charge in [-0.2, -0.15) is 0 Å². The molecule has 4 heteroatoms. The fourth-order valence-corrected chi connectivity index (χ4v) is 1.88. The average molecular weight is 278 g/mol. The van der Waals surface area contributed by atoms with Crippen LogP contribution in [0.25, 0.3) is 0 Å². The lowest BCUT2D eigenvalue weighted by Crippen LogP contribution is -2.28. The van der Waals surface area contributed by atoms with Crippen LogP contribution in [0.3, 0.4) is 0 Å². The van der Waals surface area contributed by atoms with Crippen LogP contribution in [0.2, 0.25) is 0 Å². The zero-order valence-electron chi connectivity index (χ0n) is 13.0. The molecule has 0 aliphatic heterocycles. The SMILES string of the molecule is CCNc1ccc(C(=O)NCCOCC(C)C)c(C)c1. The lowest BCUT2D eigenvalue weighted by atomic mass is 10.1. The van der Waals surface area contributed by atoms with Gasteiger partial charge in [0.25, 0.3) is 5.91 Å². The van der Waals surface area contributed by atoms with Gasteiger partial charge in [0.15, 0.2) is 0 Å². The number of anilines is 1. The molecule has 0 aliphatic carbocycles. The molecule has 0 unspecified atom stereocenters. The monoisotopic (exact) mass is 278 g/mol. The van der Waals surface area contributed by atoms with Gasteiger partial charge in [0.1, 0.15) is 0 Å². The van der Waals surface area contributed by atoms with Crippen molar-refractivity contribution < 1.29 is 9.53 Å². The number of rotatable bonds is 8. The highest BCUT2D eigenvalue weighted by Gasteiger charge is 2.08. The van der Waals surface area contributed by atoms with E-state index >= 15 is 0 Å². The minimum Gasteiger partial charge on any atom is -0.385 e. The summed E-state index contributed by atoms with van der Waals surface area (Å²) in [4.78, 5) is 12.0. The van der Waals surface area contributed by atoms with E-state index in [1.807, 2.05) is 32.0 Å². The number of carbonyl (C=O) groups excluding carboxylic acids is 1. The highest BCUT2D eigenvalue weighted by molar-refractivity contribution is 5.96. The molecule has 0 atom stereocenters. The number of nitrogens with one attached hydrogen (secondary N) is 2. The van der Waals surface area contributed by atoms with Crippen molar-refractivity contribution in [3.05, 3.63) is 29.3 Å². The second-order valence-electron chi connectivity index (χ2n) is 5.28. The van der Waals surface area contributed by atoms with E-state index in [2.05, 4.69) is 24.5 Å². The van der Waals surface area contributed by atoms with Crippen LogP contribution in [0.15, 0.2) is 18.2 Å². The predicted octanol–water partition coefficient (Wildman–Crippen LogP) is 2.83. The van der Waals surface area contributed by atoms with Crippen molar-refractivity contribution in [3.8, 4) is 0 Å². The summed E-state index contributed by atoms with van der Waals surface area (Å²) in [6.07, 6.45) is 0. The molecule has 4 nitrogen and oxygen atoms in total. The van der Waals surface area contributed by atoms with Gasteiger partial charge in [0, 0.05) is 30.9 Å². The molecule has 0 saturated carbocycles. The molecule has 1 rings (SSSR count). The van der Waals surface area contributed by atoms with Gasteiger partial charge in [-0.15, -0.1) is 0 Å². The number of hydrogen-bond donors (Lipinski definition) is 2. The molecule has 1 amide bonds. The summed E-state index contributed by atoms with van der Waals surface area (Å²) in [5, 5.41) is 6.11. The second kappa shape index (κ2) is 8.59. The zero-order valence-corrected chi connectivity index (χ0v) is 13.0. The lowest BCUT2D eigenvalue weighted by Gasteiger charge is -2.11. The smallest absolute Gasteiger partial charge is 0.251 e. The van der Waals surface area contributed by atoms with Crippen molar-refractivity contribution in [2.24, 2.45) is 5.92 Å². The van der Waals surface area contributed by atoms with Crippen LogP contribution in [0.1, 0.15) is 36.7 Å². The van der Waals surface area contributed by atoms with Gasteiger partial charge in [-0.3, -0.25) is 4.79 Å². The maximum absolute atomic E-state index is 12.0. The summed E-state index contributed by atoms with van der Waals surface area (Å²) in [6, 6.07) is 5.78. The third kappa shape index (κ3) is 5.61.